The van der Waals surface area contributed by atoms with Gasteiger partial charge in [-0.15, -0.1) is 0 Å². The van der Waals surface area contributed by atoms with E-state index in [0.717, 1.165) is 24.7 Å². The smallest absolute Gasteiger partial charge is 0.119 e. The Balaban J connectivity index is 1.33. The molecule has 1 radical (unpaired) electrons. The van der Waals surface area contributed by atoms with E-state index in [1.807, 2.05) is 0 Å². The second kappa shape index (κ2) is 14.3. The van der Waals surface area contributed by atoms with Gasteiger partial charge in [-0.05, 0) is 73.3 Å². The molecule has 2 aromatic rings. The van der Waals surface area contributed by atoms with E-state index in [9.17, 15) is 0 Å². The van der Waals surface area contributed by atoms with Crippen LogP contribution in [0.15, 0.2) is 48.5 Å². The molecule has 1 fully saturated rings. The molecule has 1 heteroatoms. The lowest BCUT2D eigenvalue weighted by molar-refractivity contribution is 0.304. The zero-order chi connectivity index (χ0) is 21.6. The second-order valence-electron chi connectivity index (χ2n) is 9.39. The van der Waals surface area contributed by atoms with Crippen LogP contribution < -0.4 is 4.74 Å². The van der Waals surface area contributed by atoms with Gasteiger partial charge in [-0.1, -0.05) is 101 Å². The maximum atomic E-state index is 5.95. The van der Waals surface area contributed by atoms with Crippen LogP contribution in [0.4, 0.5) is 0 Å². The predicted molar refractivity (Wildman–Crippen MR) is 135 cm³/mol. The second-order valence-corrected chi connectivity index (χ2v) is 9.39. The number of benzene rings is 2. The Kier molecular flexibility index (Phi) is 11.0. The van der Waals surface area contributed by atoms with Crippen molar-refractivity contribution in [2.24, 2.45) is 5.92 Å². The van der Waals surface area contributed by atoms with Crippen LogP contribution in [-0.2, 0) is 6.42 Å². The van der Waals surface area contributed by atoms with Crippen molar-refractivity contribution in [3.05, 3.63) is 60.5 Å². The van der Waals surface area contributed by atoms with Gasteiger partial charge in [0.2, 0.25) is 0 Å². The highest BCUT2D eigenvalue weighted by molar-refractivity contribution is 5.64. The largest absolute Gasteiger partial charge is 0.494 e. The molecule has 0 aromatic heterocycles. The van der Waals surface area contributed by atoms with Crippen LogP contribution in [0.5, 0.6) is 5.75 Å². The molecule has 2 aromatic carbocycles. The molecule has 0 aliphatic heterocycles. The van der Waals surface area contributed by atoms with Crippen LogP contribution in [0, 0.1) is 12.3 Å². The van der Waals surface area contributed by atoms with E-state index >= 15 is 0 Å². The molecular formula is C30H43O. The van der Waals surface area contributed by atoms with Gasteiger partial charge in [0.15, 0.2) is 0 Å². The van der Waals surface area contributed by atoms with Crippen LogP contribution in [0.1, 0.15) is 96.0 Å². The summed E-state index contributed by atoms with van der Waals surface area (Å²) >= 11 is 0. The normalized spacial score (nSPS) is 14.6. The van der Waals surface area contributed by atoms with Crippen molar-refractivity contribution in [2.75, 3.05) is 6.61 Å². The standard InChI is InChI=1S/C30H43O/c1-2-3-4-5-6-7-8-12-25-31-30-23-21-29(22-24-30)28-19-17-27(18-20-28)16-15-26-13-10-9-11-14-26/h9,17-24,26H,2-8,10-16,25H2,1H3. The van der Waals surface area contributed by atoms with Crippen molar-refractivity contribution in [3.8, 4) is 16.9 Å². The molecule has 0 N–H and O–H groups in total. The van der Waals surface area contributed by atoms with Gasteiger partial charge in [-0.2, -0.15) is 0 Å². The van der Waals surface area contributed by atoms with Crippen LogP contribution >= 0.6 is 0 Å². The monoisotopic (exact) mass is 419 g/mol. The summed E-state index contributed by atoms with van der Waals surface area (Å²) in [6.07, 6.45) is 21.2. The number of hydrogen-bond acceptors (Lipinski definition) is 1. The molecule has 3 rings (SSSR count). The molecule has 169 valence electrons. The summed E-state index contributed by atoms with van der Waals surface area (Å²) in [6.45, 7) is 3.11. The Labute approximate surface area is 191 Å². The van der Waals surface area contributed by atoms with E-state index in [1.54, 1.807) is 0 Å². The van der Waals surface area contributed by atoms with Crippen molar-refractivity contribution in [3.63, 3.8) is 0 Å². The molecule has 0 spiro atoms. The summed E-state index contributed by atoms with van der Waals surface area (Å²) in [5, 5.41) is 0. The van der Waals surface area contributed by atoms with Gasteiger partial charge in [-0.25, -0.2) is 0 Å². The minimum atomic E-state index is 0.835. The van der Waals surface area contributed by atoms with Gasteiger partial charge in [-0.3, -0.25) is 0 Å². The molecular weight excluding hydrogens is 376 g/mol. The lowest BCUT2D eigenvalue weighted by Crippen LogP contribution is -2.07. The number of aryl methyl sites for hydroxylation is 1. The van der Waals surface area contributed by atoms with Crippen LogP contribution in [0.2, 0.25) is 0 Å². The average Bonchev–Trinajstić information content (AvgIpc) is 2.83. The van der Waals surface area contributed by atoms with E-state index in [1.165, 1.54) is 100 Å². The Morgan fingerprint density at radius 3 is 1.94 bits per heavy atom. The molecule has 1 aliphatic carbocycles. The average molecular weight is 420 g/mol. The third-order valence-corrected chi connectivity index (χ3v) is 6.81. The first-order chi connectivity index (χ1) is 15.3. The zero-order valence-corrected chi connectivity index (χ0v) is 19.8. The minimum absolute atomic E-state index is 0.835. The molecule has 0 bridgehead atoms. The summed E-state index contributed by atoms with van der Waals surface area (Å²) in [5.41, 5.74) is 4.04. The Bertz CT molecular complexity index is 694. The summed E-state index contributed by atoms with van der Waals surface area (Å²) in [4.78, 5) is 0. The molecule has 0 heterocycles. The predicted octanol–water partition coefficient (Wildman–Crippen LogP) is 9.20. The lowest BCUT2D eigenvalue weighted by Gasteiger charge is -2.21. The fourth-order valence-electron chi connectivity index (χ4n) is 4.69. The fraction of sp³-hybridized carbons (Fsp3) is 0.567. The summed E-state index contributed by atoms with van der Waals surface area (Å²) in [5.74, 6) is 1.93. The molecule has 0 unspecified atom stereocenters. The van der Waals surface area contributed by atoms with E-state index < -0.39 is 0 Å². The number of unbranched alkanes of at least 4 members (excludes halogenated alkanes) is 7. The highest BCUT2D eigenvalue weighted by atomic mass is 16.5. The minimum Gasteiger partial charge on any atom is -0.494 e. The van der Waals surface area contributed by atoms with Crippen molar-refractivity contribution < 1.29 is 4.74 Å². The molecule has 0 atom stereocenters. The maximum Gasteiger partial charge on any atom is 0.119 e. The highest BCUT2D eigenvalue weighted by Crippen LogP contribution is 2.28. The van der Waals surface area contributed by atoms with Crippen LogP contribution in [0.25, 0.3) is 11.1 Å². The lowest BCUT2D eigenvalue weighted by atomic mass is 9.85. The van der Waals surface area contributed by atoms with Gasteiger partial charge < -0.3 is 4.74 Å². The first kappa shape index (κ1) is 23.9. The van der Waals surface area contributed by atoms with E-state index in [2.05, 4.69) is 61.9 Å². The molecule has 0 saturated heterocycles. The summed E-state index contributed by atoms with van der Waals surface area (Å²) < 4.78 is 5.95. The van der Waals surface area contributed by atoms with Gasteiger partial charge in [0.25, 0.3) is 0 Å². The summed E-state index contributed by atoms with van der Waals surface area (Å²) in [7, 11) is 0. The third kappa shape index (κ3) is 9.09. The SMILES string of the molecule is CCCCCCCCCCOc1ccc(-c2ccc(CCC3CC[CH]CC3)cc2)cc1. The molecule has 1 nitrogen and oxygen atoms in total. The molecule has 1 saturated carbocycles. The number of ether oxygens (including phenoxy) is 1. The first-order valence-electron chi connectivity index (χ1n) is 13.0. The molecule has 0 amide bonds. The van der Waals surface area contributed by atoms with Gasteiger partial charge in [0.05, 0.1) is 6.61 Å². The Morgan fingerprint density at radius 2 is 1.29 bits per heavy atom. The number of rotatable bonds is 14. The Hall–Kier alpha value is -1.76. The fourth-order valence-corrected chi connectivity index (χ4v) is 4.69. The van der Waals surface area contributed by atoms with Crippen LogP contribution in [-0.4, -0.2) is 6.61 Å². The first-order valence-corrected chi connectivity index (χ1v) is 13.0. The van der Waals surface area contributed by atoms with E-state index in [0.29, 0.717) is 0 Å². The molecule has 1 aliphatic rings. The number of hydrogen-bond donors (Lipinski definition) is 0. The molecule has 31 heavy (non-hydrogen) atoms. The van der Waals surface area contributed by atoms with E-state index in [4.69, 9.17) is 4.74 Å². The quantitative estimate of drug-likeness (QED) is 0.277. The van der Waals surface area contributed by atoms with Crippen molar-refractivity contribution in [2.45, 2.75) is 96.8 Å². The topological polar surface area (TPSA) is 9.23 Å². The van der Waals surface area contributed by atoms with Gasteiger partial charge in [0.1, 0.15) is 5.75 Å². The van der Waals surface area contributed by atoms with Crippen molar-refractivity contribution in [1.29, 1.82) is 0 Å². The van der Waals surface area contributed by atoms with Gasteiger partial charge in [0, 0.05) is 0 Å². The van der Waals surface area contributed by atoms with Crippen LogP contribution in [0.3, 0.4) is 0 Å². The van der Waals surface area contributed by atoms with Crippen molar-refractivity contribution in [1.82, 2.24) is 0 Å². The van der Waals surface area contributed by atoms with E-state index in [-0.39, 0.29) is 0 Å². The third-order valence-electron chi connectivity index (χ3n) is 6.81. The van der Waals surface area contributed by atoms with Gasteiger partial charge >= 0.3 is 0 Å². The zero-order valence-electron chi connectivity index (χ0n) is 19.8. The maximum absolute atomic E-state index is 5.95. The van der Waals surface area contributed by atoms with Crippen molar-refractivity contribution >= 4 is 0 Å². The Morgan fingerprint density at radius 1 is 0.710 bits per heavy atom. The highest BCUT2D eigenvalue weighted by Gasteiger charge is 2.13. The summed E-state index contributed by atoms with van der Waals surface area (Å²) in [6, 6.07) is 17.8.